The van der Waals surface area contributed by atoms with Crippen molar-refractivity contribution in [3.8, 4) is 0 Å². The first kappa shape index (κ1) is 19.8. The first-order valence-electron chi connectivity index (χ1n) is 9.53. The monoisotopic (exact) mass is 380 g/mol. The van der Waals surface area contributed by atoms with Crippen LogP contribution in [0.3, 0.4) is 0 Å². The summed E-state index contributed by atoms with van der Waals surface area (Å²) >= 11 is 0. The number of benzene rings is 2. The smallest absolute Gasteiger partial charge is 0.279 e. The number of carbonyl (C=O) groups excluding carboxylic acids is 3. The van der Waals surface area contributed by atoms with Crippen molar-refractivity contribution in [2.45, 2.75) is 13.8 Å². The van der Waals surface area contributed by atoms with Gasteiger partial charge in [0.2, 0.25) is 0 Å². The third-order valence-electron chi connectivity index (χ3n) is 5.10. The highest BCUT2D eigenvalue weighted by Gasteiger charge is 2.23. The van der Waals surface area contributed by atoms with E-state index in [4.69, 9.17) is 0 Å². The zero-order valence-electron chi connectivity index (χ0n) is 16.3. The van der Waals surface area contributed by atoms with Crippen LogP contribution in [0.5, 0.6) is 0 Å². The molecule has 1 amide bonds. The van der Waals surface area contributed by atoms with E-state index in [2.05, 4.69) is 10.2 Å². The quantitative estimate of drug-likeness (QED) is 0.744. The molecule has 2 aromatic carbocycles. The molecule has 2 N–H and O–H groups in total. The van der Waals surface area contributed by atoms with Crippen molar-refractivity contribution in [1.29, 1.82) is 0 Å². The Balaban J connectivity index is 1.52. The molecule has 0 saturated carbocycles. The third kappa shape index (κ3) is 4.84. The summed E-state index contributed by atoms with van der Waals surface area (Å²) in [4.78, 5) is 39.0. The molecule has 1 fully saturated rings. The first-order chi connectivity index (χ1) is 13.4. The standard InChI is InChI=1S/C22H25N3O3/c1-16(26)18-7-9-19(10-8-18)25-13-11-24(12-14-25)15-22(28)23-21-6-4-3-5-20(21)17(2)27/h3-10H,11-15H2,1-2H3,(H,23,28)/p+1. The predicted molar refractivity (Wildman–Crippen MR) is 109 cm³/mol. The first-order valence-corrected chi connectivity index (χ1v) is 9.53. The van der Waals surface area contributed by atoms with Gasteiger partial charge in [-0.1, -0.05) is 12.1 Å². The zero-order valence-corrected chi connectivity index (χ0v) is 16.3. The number of anilines is 2. The van der Waals surface area contributed by atoms with Crippen molar-refractivity contribution in [2.24, 2.45) is 0 Å². The van der Waals surface area contributed by atoms with Crippen LogP contribution in [0.1, 0.15) is 34.6 Å². The number of para-hydroxylation sites is 1. The summed E-state index contributed by atoms with van der Waals surface area (Å²) in [7, 11) is 0. The highest BCUT2D eigenvalue weighted by Crippen LogP contribution is 2.16. The number of carbonyl (C=O) groups is 3. The summed E-state index contributed by atoms with van der Waals surface area (Å²) in [5, 5.41) is 2.87. The molecule has 28 heavy (non-hydrogen) atoms. The minimum atomic E-state index is -0.0806. The van der Waals surface area contributed by atoms with Gasteiger partial charge in [0.25, 0.3) is 5.91 Å². The Hall–Kier alpha value is -2.99. The molecule has 146 valence electrons. The number of quaternary nitrogens is 1. The molecule has 3 rings (SSSR count). The number of amides is 1. The SMILES string of the molecule is CC(=O)c1ccc(N2CC[NH+](CC(=O)Nc3ccccc3C(C)=O)CC2)cc1. The molecule has 0 atom stereocenters. The molecular formula is C22H26N3O3+. The second kappa shape index (κ2) is 8.80. The molecule has 0 spiro atoms. The number of rotatable bonds is 6. The van der Waals surface area contributed by atoms with Crippen molar-refractivity contribution in [3.05, 3.63) is 59.7 Å². The van der Waals surface area contributed by atoms with Crippen LogP contribution in [0.25, 0.3) is 0 Å². The van der Waals surface area contributed by atoms with Gasteiger partial charge in [-0.15, -0.1) is 0 Å². The topological polar surface area (TPSA) is 70.9 Å². The van der Waals surface area contributed by atoms with E-state index < -0.39 is 0 Å². The van der Waals surface area contributed by atoms with E-state index in [1.165, 1.54) is 11.8 Å². The van der Waals surface area contributed by atoms with Crippen molar-refractivity contribution in [1.82, 2.24) is 0 Å². The molecule has 0 bridgehead atoms. The second-order valence-electron chi connectivity index (χ2n) is 7.17. The van der Waals surface area contributed by atoms with Gasteiger partial charge in [-0.05, 0) is 50.2 Å². The van der Waals surface area contributed by atoms with E-state index >= 15 is 0 Å². The van der Waals surface area contributed by atoms with Gasteiger partial charge < -0.3 is 15.1 Å². The number of piperazine rings is 1. The molecule has 6 heteroatoms. The number of hydrogen-bond donors (Lipinski definition) is 2. The van der Waals surface area contributed by atoms with Crippen LogP contribution in [0.2, 0.25) is 0 Å². The number of nitrogens with zero attached hydrogens (tertiary/aromatic N) is 1. The van der Waals surface area contributed by atoms with E-state index in [-0.39, 0.29) is 17.5 Å². The van der Waals surface area contributed by atoms with Crippen molar-refractivity contribution < 1.29 is 19.3 Å². The van der Waals surface area contributed by atoms with Gasteiger partial charge in [-0.3, -0.25) is 14.4 Å². The van der Waals surface area contributed by atoms with Crippen LogP contribution in [-0.2, 0) is 4.79 Å². The maximum atomic E-state index is 12.4. The third-order valence-corrected chi connectivity index (χ3v) is 5.10. The summed E-state index contributed by atoms with van der Waals surface area (Å²) in [5.74, 6) is -0.0752. The molecular weight excluding hydrogens is 354 g/mol. The van der Waals surface area contributed by atoms with Crippen molar-refractivity contribution in [2.75, 3.05) is 42.9 Å². The van der Waals surface area contributed by atoms with Crippen LogP contribution in [0, 0.1) is 0 Å². The summed E-state index contributed by atoms with van der Waals surface area (Å²) in [5.41, 5.74) is 2.92. The molecule has 6 nitrogen and oxygen atoms in total. The van der Waals surface area contributed by atoms with E-state index in [1.54, 1.807) is 25.1 Å². The largest absolute Gasteiger partial charge is 0.360 e. The molecule has 1 aliphatic rings. The Labute approximate surface area is 165 Å². The lowest BCUT2D eigenvalue weighted by Crippen LogP contribution is -3.15. The van der Waals surface area contributed by atoms with Crippen molar-refractivity contribution in [3.63, 3.8) is 0 Å². The van der Waals surface area contributed by atoms with Crippen LogP contribution in [0.4, 0.5) is 11.4 Å². The fraction of sp³-hybridized carbons (Fsp3) is 0.318. The maximum Gasteiger partial charge on any atom is 0.279 e. The predicted octanol–water partition coefficient (Wildman–Crippen LogP) is 1.44. The van der Waals surface area contributed by atoms with Crippen molar-refractivity contribution >= 4 is 28.8 Å². The summed E-state index contributed by atoms with van der Waals surface area (Å²) in [6.07, 6.45) is 0. The summed E-state index contributed by atoms with van der Waals surface area (Å²) in [6.45, 7) is 6.86. The summed E-state index contributed by atoms with van der Waals surface area (Å²) in [6, 6.07) is 14.8. The normalized spacial score (nSPS) is 14.6. The van der Waals surface area contributed by atoms with Crippen LogP contribution in [0.15, 0.2) is 48.5 Å². The molecule has 1 saturated heterocycles. The zero-order chi connectivity index (χ0) is 20.1. The molecule has 2 aromatic rings. The van der Waals surface area contributed by atoms with E-state index in [9.17, 15) is 14.4 Å². The van der Waals surface area contributed by atoms with E-state index in [0.717, 1.165) is 37.4 Å². The number of Topliss-reactive ketones (excluding diaryl/α,β-unsaturated/α-hetero) is 2. The Morgan fingerprint density at radius 1 is 0.929 bits per heavy atom. The Morgan fingerprint density at radius 2 is 1.57 bits per heavy atom. The number of ketones is 2. The van der Waals surface area contributed by atoms with Crippen LogP contribution >= 0.6 is 0 Å². The molecule has 0 aliphatic carbocycles. The van der Waals surface area contributed by atoms with Gasteiger partial charge >= 0.3 is 0 Å². The minimum Gasteiger partial charge on any atom is -0.360 e. The molecule has 0 radical (unpaired) electrons. The number of hydrogen-bond acceptors (Lipinski definition) is 4. The Bertz CT molecular complexity index is 869. The Morgan fingerprint density at radius 3 is 2.18 bits per heavy atom. The highest BCUT2D eigenvalue weighted by molar-refractivity contribution is 6.03. The van der Waals surface area contributed by atoms with E-state index in [0.29, 0.717) is 17.8 Å². The Kier molecular flexibility index (Phi) is 6.21. The van der Waals surface area contributed by atoms with Gasteiger partial charge in [0.15, 0.2) is 18.1 Å². The van der Waals surface area contributed by atoms with E-state index in [1.807, 2.05) is 30.3 Å². The van der Waals surface area contributed by atoms with Gasteiger partial charge in [0.1, 0.15) is 0 Å². The average molecular weight is 380 g/mol. The molecule has 1 aliphatic heterocycles. The summed E-state index contributed by atoms with van der Waals surface area (Å²) < 4.78 is 0. The van der Waals surface area contributed by atoms with Gasteiger partial charge in [-0.25, -0.2) is 0 Å². The lowest BCUT2D eigenvalue weighted by molar-refractivity contribution is -0.892. The maximum absolute atomic E-state index is 12.4. The highest BCUT2D eigenvalue weighted by atomic mass is 16.2. The molecule has 0 aromatic heterocycles. The molecule has 0 unspecified atom stereocenters. The average Bonchev–Trinajstić information content (AvgIpc) is 2.69. The van der Waals surface area contributed by atoms with Crippen LogP contribution in [-0.4, -0.2) is 50.2 Å². The van der Waals surface area contributed by atoms with Gasteiger partial charge in [0, 0.05) is 16.8 Å². The lowest BCUT2D eigenvalue weighted by atomic mass is 10.1. The second-order valence-corrected chi connectivity index (χ2v) is 7.17. The van der Waals surface area contributed by atoms with Gasteiger partial charge in [-0.2, -0.15) is 0 Å². The fourth-order valence-electron chi connectivity index (χ4n) is 3.49. The minimum absolute atomic E-state index is 0.0624. The van der Waals surface area contributed by atoms with Gasteiger partial charge in [0.05, 0.1) is 31.9 Å². The number of nitrogens with one attached hydrogen (secondary N) is 2. The van der Waals surface area contributed by atoms with Crippen LogP contribution < -0.4 is 15.1 Å². The lowest BCUT2D eigenvalue weighted by Gasteiger charge is -2.33. The molecule has 1 heterocycles. The fourth-order valence-corrected chi connectivity index (χ4v) is 3.49.